The first-order chi connectivity index (χ1) is 6.27. The van der Waals surface area contributed by atoms with Crippen LogP contribution in [0.4, 0.5) is 0 Å². The fourth-order valence-electron chi connectivity index (χ4n) is 2.02. The molecule has 1 saturated heterocycles. The van der Waals surface area contributed by atoms with Gasteiger partial charge in [-0.1, -0.05) is 13.0 Å². The number of morpholine rings is 1. The molecule has 1 spiro atoms. The molecule has 70 valence electrons. The monoisotopic (exact) mass is 177 g/mol. The zero-order chi connectivity index (χ0) is 8.89. The molecule has 2 heteroatoms. The van der Waals surface area contributed by atoms with E-state index < -0.39 is 0 Å². The molecule has 0 aromatic heterocycles. The fourth-order valence-corrected chi connectivity index (χ4v) is 2.02. The van der Waals surface area contributed by atoms with E-state index in [9.17, 15) is 0 Å². The molecule has 2 aliphatic carbocycles. The van der Waals surface area contributed by atoms with Crippen molar-refractivity contribution in [3.63, 3.8) is 0 Å². The minimum Gasteiger partial charge on any atom is -0.484 e. The lowest BCUT2D eigenvalue weighted by Gasteiger charge is -2.32. The van der Waals surface area contributed by atoms with Gasteiger partial charge in [0.2, 0.25) is 0 Å². The Balaban J connectivity index is 1.86. The number of rotatable bonds is 0. The Kier molecular flexibility index (Phi) is 1.33. The Labute approximate surface area is 78.7 Å². The van der Waals surface area contributed by atoms with Crippen LogP contribution < -0.4 is 5.32 Å². The van der Waals surface area contributed by atoms with Crippen LogP contribution in [0.25, 0.3) is 0 Å². The van der Waals surface area contributed by atoms with Gasteiger partial charge in [0, 0.05) is 0 Å². The van der Waals surface area contributed by atoms with Crippen LogP contribution in [0.5, 0.6) is 0 Å². The summed E-state index contributed by atoms with van der Waals surface area (Å²) in [6.45, 7) is 3.24. The molecule has 1 aliphatic heterocycles. The number of hydrogen-bond acceptors (Lipinski definition) is 2. The van der Waals surface area contributed by atoms with Crippen LogP contribution in [0.1, 0.15) is 26.2 Å². The number of allylic oxidation sites excluding steroid dienone is 2. The molecule has 13 heavy (non-hydrogen) atoms. The van der Waals surface area contributed by atoms with Gasteiger partial charge in [-0.25, -0.2) is 0 Å². The van der Waals surface area contributed by atoms with E-state index in [0.717, 1.165) is 18.7 Å². The van der Waals surface area contributed by atoms with Gasteiger partial charge in [0.1, 0.15) is 11.4 Å². The van der Waals surface area contributed by atoms with E-state index in [-0.39, 0.29) is 5.60 Å². The molecular formula is C11H15NO. The van der Waals surface area contributed by atoms with Crippen molar-refractivity contribution in [1.29, 1.82) is 0 Å². The minimum absolute atomic E-state index is 0.184. The second kappa shape index (κ2) is 2.31. The normalized spacial score (nSPS) is 33.8. The van der Waals surface area contributed by atoms with Gasteiger partial charge in [-0.15, -0.1) is 0 Å². The summed E-state index contributed by atoms with van der Waals surface area (Å²) in [5.41, 5.74) is 1.40. The van der Waals surface area contributed by atoms with E-state index in [1.807, 2.05) is 0 Å². The Hall–Kier alpha value is -0.920. The molecule has 1 N–H and O–H groups in total. The maximum absolute atomic E-state index is 5.97. The number of ether oxygens (including phenoxy) is 1. The van der Waals surface area contributed by atoms with Crippen molar-refractivity contribution in [3.05, 3.63) is 23.6 Å². The van der Waals surface area contributed by atoms with Crippen molar-refractivity contribution in [3.8, 4) is 0 Å². The summed E-state index contributed by atoms with van der Waals surface area (Å²) in [4.78, 5) is 0. The number of hydrogen-bond donors (Lipinski definition) is 1. The molecule has 0 aromatic carbocycles. The fraction of sp³-hybridized carbons (Fsp3) is 0.636. The maximum Gasteiger partial charge on any atom is 0.139 e. The lowest BCUT2D eigenvalue weighted by atomic mass is 9.99. The van der Waals surface area contributed by atoms with Crippen LogP contribution in [0.15, 0.2) is 23.6 Å². The van der Waals surface area contributed by atoms with Crippen LogP contribution in [-0.2, 0) is 4.74 Å². The first-order valence-corrected chi connectivity index (χ1v) is 5.13. The number of nitrogens with one attached hydrogen (secondary N) is 1. The topological polar surface area (TPSA) is 21.3 Å². The molecule has 1 atom stereocenters. The van der Waals surface area contributed by atoms with Crippen molar-refractivity contribution < 1.29 is 4.74 Å². The standard InChI is InChI=1S/C11H15NO/c1-8-2-3-10-9(6-8)12-7-11(13-10)4-5-11/h3,6,8,12H,2,4-5,7H2,1H3. The summed E-state index contributed by atoms with van der Waals surface area (Å²) < 4.78 is 5.97. The Morgan fingerprint density at radius 2 is 2.38 bits per heavy atom. The summed E-state index contributed by atoms with van der Waals surface area (Å²) in [5.74, 6) is 1.75. The highest BCUT2D eigenvalue weighted by atomic mass is 16.5. The third-order valence-corrected chi connectivity index (χ3v) is 3.13. The molecule has 0 amide bonds. The molecule has 3 rings (SSSR count). The van der Waals surface area contributed by atoms with E-state index in [1.165, 1.54) is 18.5 Å². The zero-order valence-electron chi connectivity index (χ0n) is 7.97. The van der Waals surface area contributed by atoms with Gasteiger partial charge < -0.3 is 10.1 Å². The lowest BCUT2D eigenvalue weighted by Crippen LogP contribution is -2.38. The Morgan fingerprint density at radius 1 is 1.54 bits per heavy atom. The molecule has 1 unspecified atom stereocenters. The second-order valence-electron chi connectivity index (χ2n) is 4.50. The molecule has 2 nitrogen and oxygen atoms in total. The van der Waals surface area contributed by atoms with E-state index in [4.69, 9.17) is 4.74 Å². The highest BCUT2D eigenvalue weighted by Gasteiger charge is 2.48. The largest absolute Gasteiger partial charge is 0.484 e. The summed E-state index contributed by atoms with van der Waals surface area (Å²) >= 11 is 0. The SMILES string of the molecule is CC1C=C2NCC3(CC3)OC2=CC1. The maximum atomic E-state index is 5.97. The van der Waals surface area contributed by atoms with Crippen LogP contribution in [0.2, 0.25) is 0 Å². The van der Waals surface area contributed by atoms with Crippen molar-refractivity contribution in [1.82, 2.24) is 5.32 Å². The predicted molar refractivity (Wildman–Crippen MR) is 51.0 cm³/mol. The van der Waals surface area contributed by atoms with Crippen molar-refractivity contribution in [2.75, 3.05) is 6.54 Å². The second-order valence-corrected chi connectivity index (χ2v) is 4.50. The molecular weight excluding hydrogens is 162 g/mol. The van der Waals surface area contributed by atoms with E-state index in [2.05, 4.69) is 24.4 Å². The summed E-state index contributed by atoms with van der Waals surface area (Å²) in [6.07, 6.45) is 8.08. The molecule has 0 bridgehead atoms. The first-order valence-electron chi connectivity index (χ1n) is 5.13. The molecule has 3 aliphatic rings. The minimum atomic E-state index is 0.184. The van der Waals surface area contributed by atoms with Gasteiger partial charge in [-0.3, -0.25) is 0 Å². The summed E-state index contributed by atoms with van der Waals surface area (Å²) in [7, 11) is 0. The van der Waals surface area contributed by atoms with Gasteiger partial charge in [-0.05, 0) is 31.3 Å². The molecule has 1 heterocycles. The lowest BCUT2D eigenvalue weighted by molar-refractivity contribution is 0.0765. The highest BCUT2D eigenvalue weighted by molar-refractivity contribution is 5.32. The smallest absolute Gasteiger partial charge is 0.139 e. The zero-order valence-corrected chi connectivity index (χ0v) is 7.97. The van der Waals surface area contributed by atoms with Gasteiger partial charge in [0.05, 0.1) is 12.2 Å². The molecule has 0 aromatic rings. The summed E-state index contributed by atoms with van der Waals surface area (Å²) in [5, 5.41) is 3.47. The van der Waals surface area contributed by atoms with Gasteiger partial charge >= 0.3 is 0 Å². The Morgan fingerprint density at radius 3 is 3.15 bits per heavy atom. The third kappa shape index (κ3) is 1.16. The third-order valence-electron chi connectivity index (χ3n) is 3.13. The van der Waals surface area contributed by atoms with Crippen molar-refractivity contribution in [2.24, 2.45) is 5.92 Å². The van der Waals surface area contributed by atoms with Crippen molar-refractivity contribution in [2.45, 2.75) is 31.8 Å². The van der Waals surface area contributed by atoms with Crippen LogP contribution >= 0.6 is 0 Å². The quantitative estimate of drug-likeness (QED) is 0.610. The van der Waals surface area contributed by atoms with Crippen LogP contribution in [0.3, 0.4) is 0 Å². The molecule has 2 fully saturated rings. The van der Waals surface area contributed by atoms with E-state index >= 15 is 0 Å². The van der Waals surface area contributed by atoms with Crippen molar-refractivity contribution >= 4 is 0 Å². The van der Waals surface area contributed by atoms with Crippen LogP contribution in [0, 0.1) is 5.92 Å². The molecule has 0 radical (unpaired) electrons. The average molecular weight is 177 g/mol. The van der Waals surface area contributed by atoms with E-state index in [0.29, 0.717) is 5.92 Å². The van der Waals surface area contributed by atoms with Gasteiger partial charge in [0.25, 0.3) is 0 Å². The average Bonchev–Trinajstić information content (AvgIpc) is 2.87. The van der Waals surface area contributed by atoms with Crippen LogP contribution in [-0.4, -0.2) is 12.1 Å². The summed E-state index contributed by atoms with van der Waals surface area (Å²) in [6, 6.07) is 0. The Bertz CT molecular complexity index is 299. The predicted octanol–water partition coefficient (Wildman–Crippen LogP) is 1.95. The molecule has 1 saturated carbocycles. The van der Waals surface area contributed by atoms with E-state index in [1.54, 1.807) is 0 Å². The highest BCUT2D eigenvalue weighted by Crippen LogP contribution is 2.45. The van der Waals surface area contributed by atoms with Gasteiger partial charge in [0.15, 0.2) is 0 Å². The first kappa shape index (κ1) is 7.48. The van der Waals surface area contributed by atoms with Gasteiger partial charge in [-0.2, -0.15) is 0 Å². The number of fused-ring (bicyclic) bond motifs is 1.